The van der Waals surface area contributed by atoms with E-state index in [9.17, 15) is 19.2 Å². The van der Waals surface area contributed by atoms with Gasteiger partial charge in [-0.2, -0.15) is 11.8 Å². The van der Waals surface area contributed by atoms with E-state index in [1.54, 1.807) is 34.6 Å². The summed E-state index contributed by atoms with van der Waals surface area (Å²) in [5, 5.41) is 2.62. The van der Waals surface area contributed by atoms with E-state index in [0.29, 0.717) is 34.6 Å². The standard InChI is InChI=1S/C28H37NO6S/c1-18-15-22(30)23(19(2)24(18)31)28(6,7)13-14-34-25(32)21(29-26(33)35-27(3,4)5)17-36-16-20-11-9-8-10-12-20/h8-12,15,21H,13-14,16-17H2,1-7H3,(H,29,33)/t21-/m0/s1. The zero-order valence-electron chi connectivity index (χ0n) is 22.2. The average molecular weight is 516 g/mol. The molecular weight excluding hydrogens is 478 g/mol. The van der Waals surface area contributed by atoms with Crippen molar-refractivity contribution >= 4 is 35.4 Å². The van der Waals surface area contributed by atoms with Crippen LogP contribution in [-0.2, 0) is 29.6 Å². The third-order valence-corrected chi connectivity index (χ3v) is 6.79. The van der Waals surface area contributed by atoms with E-state index in [1.807, 2.05) is 44.2 Å². The van der Waals surface area contributed by atoms with E-state index >= 15 is 0 Å². The molecule has 0 fully saturated rings. The topological polar surface area (TPSA) is 98.8 Å². The Balaban J connectivity index is 2.02. The summed E-state index contributed by atoms with van der Waals surface area (Å²) in [4.78, 5) is 50.3. The molecule has 1 aliphatic rings. The Morgan fingerprint density at radius 2 is 1.67 bits per heavy atom. The van der Waals surface area contributed by atoms with Gasteiger partial charge in [0.1, 0.15) is 11.6 Å². The molecule has 0 saturated heterocycles. The SMILES string of the molecule is CC1=CC(=O)C(C(C)(C)CCOC(=O)[C@H](CSCc2ccccc2)NC(=O)OC(C)(C)C)=C(C)C1=O. The molecule has 0 unspecified atom stereocenters. The molecule has 1 aromatic rings. The van der Waals surface area contributed by atoms with Gasteiger partial charge in [0.15, 0.2) is 11.6 Å². The van der Waals surface area contributed by atoms with Gasteiger partial charge in [-0.15, -0.1) is 0 Å². The Labute approximate surface area is 218 Å². The molecule has 1 aliphatic carbocycles. The van der Waals surface area contributed by atoms with Gasteiger partial charge in [0, 0.05) is 28.2 Å². The highest BCUT2D eigenvalue weighted by atomic mass is 32.2. The van der Waals surface area contributed by atoms with Crippen LogP contribution in [0.25, 0.3) is 0 Å². The molecule has 1 atom stereocenters. The minimum Gasteiger partial charge on any atom is -0.464 e. The number of ketones is 2. The fourth-order valence-corrected chi connectivity index (χ4v) is 4.89. The van der Waals surface area contributed by atoms with Gasteiger partial charge in [0.25, 0.3) is 0 Å². The lowest BCUT2D eigenvalue weighted by Gasteiger charge is -2.30. The smallest absolute Gasteiger partial charge is 0.408 e. The number of rotatable bonds is 10. The van der Waals surface area contributed by atoms with E-state index in [-0.39, 0.29) is 18.2 Å². The first-order valence-electron chi connectivity index (χ1n) is 12.0. The summed E-state index contributed by atoms with van der Waals surface area (Å²) in [5.74, 6) is 0.0566. The molecule has 0 bridgehead atoms. The van der Waals surface area contributed by atoms with Crippen LogP contribution in [0, 0.1) is 5.41 Å². The number of thioether (sulfide) groups is 1. The van der Waals surface area contributed by atoms with Crippen molar-refractivity contribution in [2.45, 2.75) is 72.3 Å². The van der Waals surface area contributed by atoms with Crippen LogP contribution in [0.15, 0.2) is 53.1 Å². The van der Waals surface area contributed by atoms with Crippen molar-refractivity contribution < 1.29 is 28.7 Å². The first-order valence-corrected chi connectivity index (χ1v) is 13.1. The molecule has 0 aliphatic heterocycles. The Bertz CT molecular complexity index is 1050. The summed E-state index contributed by atoms with van der Waals surface area (Å²) in [5.41, 5.74) is 1.02. The number of benzene rings is 1. The summed E-state index contributed by atoms with van der Waals surface area (Å²) in [6.07, 6.45) is 1.01. The van der Waals surface area contributed by atoms with Gasteiger partial charge in [-0.1, -0.05) is 44.2 Å². The number of amides is 1. The van der Waals surface area contributed by atoms with E-state index in [2.05, 4.69) is 5.32 Å². The monoisotopic (exact) mass is 515 g/mol. The van der Waals surface area contributed by atoms with Crippen molar-refractivity contribution in [1.82, 2.24) is 5.32 Å². The first kappa shape index (κ1) is 29.4. The van der Waals surface area contributed by atoms with Crippen molar-refractivity contribution in [2.75, 3.05) is 12.4 Å². The molecule has 196 valence electrons. The Morgan fingerprint density at radius 3 is 2.28 bits per heavy atom. The summed E-state index contributed by atoms with van der Waals surface area (Å²) in [6.45, 7) is 12.3. The van der Waals surface area contributed by atoms with Crippen molar-refractivity contribution in [3.63, 3.8) is 0 Å². The number of nitrogens with one attached hydrogen (secondary N) is 1. The van der Waals surface area contributed by atoms with Crippen molar-refractivity contribution in [3.05, 3.63) is 58.7 Å². The Morgan fingerprint density at radius 1 is 1.03 bits per heavy atom. The van der Waals surface area contributed by atoms with Crippen LogP contribution in [-0.4, -0.2) is 47.6 Å². The van der Waals surface area contributed by atoms with Crippen LogP contribution in [0.5, 0.6) is 0 Å². The van der Waals surface area contributed by atoms with Crippen LogP contribution in [0.3, 0.4) is 0 Å². The predicted octanol–water partition coefficient (Wildman–Crippen LogP) is 5.19. The fraction of sp³-hybridized carbons (Fsp3) is 0.500. The highest BCUT2D eigenvalue weighted by Crippen LogP contribution is 2.36. The van der Waals surface area contributed by atoms with Gasteiger partial charge in [0.2, 0.25) is 0 Å². The molecule has 1 amide bonds. The molecule has 0 aromatic heterocycles. The molecule has 36 heavy (non-hydrogen) atoms. The van der Waals surface area contributed by atoms with Gasteiger partial charge in [-0.05, 0) is 58.1 Å². The number of Topliss-reactive ketones (excluding diaryl/α,β-unsaturated/α-hetero) is 1. The third-order valence-electron chi connectivity index (χ3n) is 5.69. The highest BCUT2D eigenvalue weighted by molar-refractivity contribution is 7.98. The van der Waals surface area contributed by atoms with E-state index in [1.165, 1.54) is 17.8 Å². The minimum atomic E-state index is -0.902. The van der Waals surface area contributed by atoms with E-state index in [4.69, 9.17) is 9.47 Å². The molecule has 0 spiro atoms. The first-order chi connectivity index (χ1) is 16.7. The second-order valence-electron chi connectivity index (χ2n) is 10.5. The number of carbonyl (C=O) groups is 4. The van der Waals surface area contributed by atoms with Gasteiger partial charge >= 0.3 is 12.1 Å². The zero-order chi connectivity index (χ0) is 27.1. The number of carbonyl (C=O) groups excluding carboxylic acids is 4. The van der Waals surface area contributed by atoms with Crippen LogP contribution in [0.2, 0.25) is 0 Å². The maximum absolute atomic E-state index is 12.9. The predicted molar refractivity (Wildman–Crippen MR) is 142 cm³/mol. The molecule has 0 saturated carbocycles. The van der Waals surface area contributed by atoms with Crippen LogP contribution in [0.1, 0.15) is 60.5 Å². The largest absolute Gasteiger partial charge is 0.464 e. The summed E-state index contributed by atoms with van der Waals surface area (Å²) in [6, 6.07) is 8.91. The second-order valence-corrected chi connectivity index (χ2v) is 11.6. The molecule has 1 N–H and O–H groups in total. The van der Waals surface area contributed by atoms with Crippen LogP contribution in [0.4, 0.5) is 4.79 Å². The second kappa shape index (κ2) is 12.4. The molecule has 1 aromatic carbocycles. The summed E-state index contributed by atoms with van der Waals surface area (Å²) in [7, 11) is 0. The van der Waals surface area contributed by atoms with E-state index < -0.39 is 29.1 Å². The normalized spacial score (nSPS) is 15.4. The Hall–Kier alpha value is -2.87. The van der Waals surface area contributed by atoms with Gasteiger partial charge in [-0.3, -0.25) is 9.59 Å². The lowest BCUT2D eigenvalue weighted by atomic mass is 9.73. The minimum absolute atomic E-state index is 0.0304. The highest BCUT2D eigenvalue weighted by Gasteiger charge is 2.35. The third kappa shape index (κ3) is 8.66. The molecule has 2 rings (SSSR count). The number of hydrogen-bond donors (Lipinski definition) is 1. The van der Waals surface area contributed by atoms with Gasteiger partial charge in [0.05, 0.1) is 6.61 Å². The van der Waals surface area contributed by atoms with Crippen molar-refractivity contribution in [1.29, 1.82) is 0 Å². The molecule has 0 radical (unpaired) electrons. The summed E-state index contributed by atoms with van der Waals surface area (Å²) >= 11 is 1.50. The van der Waals surface area contributed by atoms with Crippen LogP contribution >= 0.6 is 11.8 Å². The quantitative estimate of drug-likeness (QED) is 0.338. The number of ether oxygens (including phenoxy) is 2. The van der Waals surface area contributed by atoms with Gasteiger partial charge in [-0.25, -0.2) is 9.59 Å². The number of allylic oxidation sites excluding steroid dienone is 4. The lowest BCUT2D eigenvalue weighted by molar-refractivity contribution is -0.146. The lowest BCUT2D eigenvalue weighted by Crippen LogP contribution is -2.46. The number of alkyl carbamates (subject to hydrolysis) is 1. The number of hydrogen-bond acceptors (Lipinski definition) is 7. The van der Waals surface area contributed by atoms with Crippen molar-refractivity contribution in [3.8, 4) is 0 Å². The molecule has 0 heterocycles. The van der Waals surface area contributed by atoms with Gasteiger partial charge < -0.3 is 14.8 Å². The molecular formula is C28H37NO6S. The van der Waals surface area contributed by atoms with Crippen LogP contribution < -0.4 is 5.32 Å². The van der Waals surface area contributed by atoms with E-state index in [0.717, 1.165) is 5.56 Å². The number of esters is 1. The molecule has 7 nitrogen and oxygen atoms in total. The maximum atomic E-state index is 12.9. The maximum Gasteiger partial charge on any atom is 0.408 e. The zero-order valence-corrected chi connectivity index (χ0v) is 23.0. The van der Waals surface area contributed by atoms with Crippen molar-refractivity contribution in [2.24, 2.45) is 5.41 Å². The Kier molecular flexibility index (Phi) is 10.1. The fourth-order valence-electron chi connectivity index (χ4n) is 3.89. The average Bonchev–Trinajstić information content (AvgIpc) is 2.76. The summed E-state index contributed by atoms with van der Waals surface area (Å²) < 4.78 is 10.8. The molecule has 8 heteroatoms.